The fourth-order valence-corrected chi connectivity index (χ4v) is 3.08. The van der Waals surface area contributed by atoms with E-state index in [2.05, 4.69) is 55.7 Å². The number of benzene rings is 1. The average molecular weight is 260 g/mol. The summed E-state index contributed by atoms with van der Waals surface area (Å²) >= 11 is 0. The zero-order valence-corrected chi connectivity index (χ0v) is 12.6. The third-order valence-electron chi connectivity index (χ3n) is 4.24. The second-order valence-electron chi connectivity index (χ2n) is 6.48. The van der Waals surface area contributed by atoms with Gasteiger partial charge in [0.25, 0.3) is 0 Å². The van der Waals surface area contributed by atoms with Crippen molar-refractivity contribution in [3.05, 3.63) is 35.4 Å². The summed E-state index contributed by atoms with van der Waals surface area (Å²) in [6, 6.07) is 9.40. The van der Waals surface area contributed by atoms with E-state index in [0.717, 1.165) is 13.1 Å². The van der Waals surface area contributed by atoms with Gasteiger partial charge in [0.2, 0.25) is 0 Å². The van der Waals surface area contributed by atoms with E-state index in [1.54, 1.807) is 0 Å². The molecule has 1 atom stereocenters. The molecule has 2 N–H and O–H groups in total. The van der Waals surface area contributed by atoms with Gasteiger partial charge in [-0.15, -0.1) is 0 Å². The van der Waals surface area contributed by atoms with E-state index in [0.29, 0.717) is 6.04 Å². The highest BCUT2D eigenvalue weighted by atomic mass is 15.0. The summed E-state index contributed by atoms with van der Waals surface area (Å²) in [7, 11) is 0. The second-order valence-corrected chi connectivity index (χ2v) is 6.48. The Labute approximate surface area is 118 Å². The molecular formula is C17H28N2. The largest absolute Gasteiger partial charge is 0.314 e. The van der Waals surface area contributed by atoms with E-state index < -0.39 is 0 Å². The maximum absolute atomic E-state index is 3.66. The predicted molar refractivity (Wildman–Crippen MR) is 82.7 cm³/mol. The zero-order chi connectivity index (χ0) is 13.7. The van der Waals surface area contributed by atoms with Crippen LogP contribution in [0.3, 0.4) is 0 Å². The number of hydrogen-bond donors (Lipinski definition) is 2. The Morgan fingerprint density at radius 3 is 2.74 bits per heavy atom. The van der Waals surface area contributed by atoms with Crippen LogP contribution in [0.15, 0.2) is 24.3 Å². The highest BCUT2D eigenvalue weighted by Gasteiger charge is 2.22. The molecule has 1 fully saturated rings. The molecule has 1 saturated heterocycles. The summed E-state index contributed by atoms with van der Waals surface area (Å²) in [4.78, 5) is 0. The van der Waals surface area contributed by atoms with Crippen molar-refractivity contribution in [3.8, 4) is 0 Å². The predicted octanol–water partition coefficient (Wildman–Crippen LogP) is 3.00. The molecule has 106 valence electrons. The van der Waals surface area contributed by atoms with Crippen LogP contribution in [-0.2, 0) is 5.41 Å². The lowest BCUT2D eigenvalue weighted by atomic mass is 9.82. The van der Waals surface area contributed by atoms with Gasteiger partial charge in [0, 0.05) is 24.5 Å². The molecule has 1 aromatic rings. The molecule has 19 heavy (non-hydrogen) atoms. The van der Waals surface area contributed by atoms with Gasteiger partial charge in [-0.05, 0) is 37.4 Å². The molecule has 2 heteroatoms. The lowest BCUT2D eigenvalue weighted by molar-refractivity contribution is 0.366. The number of rotatable bonds is 5. The Hall–Kier alpha value is -0.860. The van der Waals surface area contributed by atoms with Gasteiger partial charge >= 0.3 is 0 Å². The Morgan fingerprint density at radius 2 is 2.05 bits per heavy atom. The molecule has 2 rings (SSSR count). The van der Waals surface area contributed by atoms with Crippen LogP contribution in [0.25, 0.3) is 0 Å². The highest BCUT2D eigenvalue weighted by Crippen LogP contribution is 2.25. The van der Waals surface area contributed by atoms with E-state index in [-0.39, 0.29) is 5.41 Å². The number of nitrogens with one attached hydrogen (secondary N) is 2. The minimum atomic E-state index is 0.194. The lowest BCUT2D eigenvalue weighted by Gasteiger charge is -2.30. The number of aryl methyl sites for hydroxylation is 1. The molecular weight excluding hydrogens is 232 g/mol. The van der Waals surface area contributed by atoms with Crippen molar-refractivity contribution in [3.63, 3.8) is 0 Å². The zero-order valence-electron chi connectivity index (χ0n) is 12.6. The molecule has 0 aliphatic carbocycles. The summed E-state index contributed by atoms with van der Waals surface area (Å²) in [5.41, 5.74) is 3.05. The Balaban J connectivity index is 1.85. The van der Waals surface area contributed by atoms with Crippen molar-refractivity contribution in [2.24, 2.45) is 0 Å². The van der Waals surface area contributed by atoms with Gasteiger partial charge in [0.15, 0.2) is 0 Å². The van der Waals surface area contributed by atoms with Crippen LogP contribution in [0.4, 0.5) is 0 Å². The van der Waals surface area contributed by atoms with Crippen molar-refractivity contribution in [1.82, 2.24) is 10.6 Å². The van der Waals surface area contributed by atoms with Crippen LogP contribution < -0.4 is 10.6 Å². The Bertz CT molecular complexity index is 392. The van der Waals surface area contributed by atoms with Crippen molar-refractivity contribution >= 4 is 0 Å². The fourth-order valence-electron chi connectivity index (χ4n) is 3.08. The fraction of sp³-hybridized carbons (Fsp3) is 0.647. The van der Waals surface area contributed by atoms with Gasteiger partial charge in [0.05, 0.1) is 0 Å². The first-order valence-electron chi connectivity index (χ1n) is 7.60. The molecule has 1 aromatic carbocycles. The van der Waals surface area contributed by atoms with Gasteiger partial charge in [0.1, 0.15) is 0 Å². The van der Waals surface area contributed by atoms with E-state index in [1.807, 2.05) is 0 Å². The summed E-state index contributed by atoms with van der Waals surface area (Å²) in [6.07, 6.45) is 4.03. The number of hydrogen-bond acceptors (Lipinski definition) is 2. The molecule has 1 heterocycles. The second kappa shape index (κ2) is 6.53. The van der Waals surface area contributed by atoms with Crippen molar-refractivity contribution in [2.75, 3.05) is 19.6 Å². The molecule has 0 spiro atoms. The summed E-state index contributed by atoms with van der Waals surface area (Å²) < 4.78 is 0. The topological polar surface area (TPSA) is 24.1 Å². The Morgan fingerprint density at radius 1 is 1.26 bits per heavy atom. The molecule has 2 nitrogen and oxygen atoms in total. The molecule has 1 aliphatic heterocycles. The molecule has 0 amide bonds. The molecule has 1 unspecified atom stereocenters. The van der Waals surface area contributed by atoms with Gasteiger partial charge in [-0.1, -0.05) is 44.5 Å². The van der Waals surface area contributed by atoms with Crippen LogP contribution in [0.5, 0.6) is 0 Å². The van der Waals surface area contributed by atoms with E-state index in [9.17, 15) is 0 Å². The molecule has 0 aromatic heterocycles. The smallest absolute Gasteiger partial charge is 0.0192 e. The van der Waals surface area contributed by atoms with Crippen LogP contribution >= 0.6 is 0 Å². The average Bonchev–Trinajstić information content (AvgIpc) is 2.40. The van der Waals surface area contributed by atoms with Crippen LogP contribution in [0.1, 0.15) is 44.2 Å². The third-order valence-corrected chi connectivity index (χ3v) is 4.24. The maximum Gasteiger partial charge on any atom is 0.0192 e. The summed E-state index contributed by atoms with van der Waals surface area (Å²) in [6.45, 7) is 10.2. The Kier molecular flexibility index (Phi) is 5.00. The summed E-state index contributed by atoms with van der Waals surface area (Å²) in [5.74, 6) is 0. The van der Waals surface area contributed by atoms with E-state index in [1.165, 1.54) is 36.9 Å². The van der Waals surface area contributed by atoms with Gasteiger partial charge < -0.3 is 10.6 Å². The highest BCUT2D eigenvalue weighted by molar-refractivity contribution is 5.32. The van der Waals surface area contributed by atoms with Gasteiger partial charge in [-0.25, -0.2) is 0 Å². The normalized spacial score (nSPS) is 20.5. The van der Waals surface area contributed by atoms with Gasteiger partial charge in [-0.3, -0.25) is 0 Å². The van der Waals surface area contributed by atoms with Crippen molar-refractivity contribution in [2.45, 2.75) is 51.5 Å². The van der Waals surface area contributed by atoms with Crippen LogP contribution in [0, 0.1) is 6.92 Å². The first kappa shape index (κ1) is 14.5. The standard InChI is InChI=1S/C17H28N2/c1-14-8-4-5-10-16(14)17(2,3)13-18-12-15-9-6-7-11-19-15/h4-5,8,10,15,18-19H,6-7,9,11-13H2,1-3H3. The minimum absolute atomic E-state index is 0.194. The number of piperidine rings is 1. The van der Waals surface area contributed by atoms with Crippen LogP contribution in [-0.4, -0.2) is 25.7 Å². The van der Waals surface area contributed by atoms with Crippen molar-refractivity contribution in [1.29, 1.82) is 0 Å². The van der Waals surface area contributed by atoms with E-state index in [4.69, 9.17) is 0 Å². The minimum Gasteiger partial charge on any atom is -0.314 e. The van der Waals surface area contributed by atoms with Gasteiger partial charge in [-0.2, -0.15) is 0 Å². The molecule has 1 aliphatic rings. The van der Waals surface area contributed by atoms with Crippen molar-refractivity contribution < 1.29 is 0 Å². The first-order chi connectivity index (χ1) is 9.09. The lowest BCUT2D eigenvalue weighted by Crippen LogP contribution is -2.44. The van der Waals surface area contributed by atoms with E-state index >= 15 is 0 Å². The molecule has 0 radical (unpaired) electrons. The molecule has 0 saturated carbocycles. The third kappa shape index (κ3) is 4.05. The quantitative estimate of drug-likeness (QED) is 0.850. The SMILES string of the molecule is Cc1ccccc1C(C)(C)CNCC1CCCCN1. The first-order valence-corrected chi connectivity index (χ1v) is 7.60. The van der Waals surface area contributed by atoms with Crippen LogP contribution in [0.2, 0.25) is 0 Å². The summed E-state index contributed by atoms with van der Waals surface area (Å²) in [5, 5.41) is 7.25. The maximum atomic E-state index is 3.66. The monoisotopic (exact) mass is 260 g/mol. The molecule has 0 bridgehead atoms.